The molecule has 1 amide bonds. The van der Waals surface area contributed by atoms with Gasteiger partial charge in [-0.3, -0.25) is 14.9 Å². The maximum atomic E-state index is 11.9. The van der Waals surface area contributed by atoms with Crippen molar-refractivity contribution in [3.05, 3.63) is 27.9 Å². The van der Waals surface area contributed by atoms with Gasteiger partial charge in [0.1, 0.15) is 0 Å². The summed E-state index contributed by atoms with van der Waals surface area (Å²) in [4.78, 5) is 26.2. The number of hydrogen-bond acceptors (Lipinski definition) is 5. The number of ether oxygens (including phenoxy) is 1. The van der Waals surface area contributed by atoms with Crippen LogP contribution in [0.4, 0.5) is 5.69 Å². The van der Waals surface area contributed by atoms with Crippen LogP contribution in [-0.2, 0) is 4.79 Å². The van der Waals surface area contributed by atoms with E-state index in [4.69, 9.17) is 4.74 Å². The maximum Gasteiger partial charge on any atom is 0.331 e. The third-order valence-electron chi connectivity index (χ3n) is 3.96. The van der Waals surface area contributed by atoms with Crippen LogP contribution >= 0.6 is 0 Å². The largest absolute Gasteiger partial charge is 0.463 e. The molecule has 7 heteroatoms. The average Bonchev–Trinajstić information content (AvgIpc) is 2.48. The Bertz CT molecular complexity index is 562. The van der Waals surface area contributed by atoms with Gasteiger partial charge in [-0.2, -0.15) is 0 Å². The highest BCUT2D eigenvalue weighted by Crippen LogP contribution is 2.25. The lowest BCUT2D eigenvalue weighted by atomic mass is 9.86. The molecule has 0 bridgehead atoms. The highest BCUT2D eigenvalue weighted by atomic mass is 16.6. The Morgan fingerprint density at radius 2 is 2.23 bits per heavy atom. The number of nitrogens with zero attached hydrogens (tertiary/aromatic N) is 2. The minimum Gasteiger partial charge on any atom is -0.463 e. The monoisotopic (exact) mass is 307 g/mol. The molecule has 0 spiro atoms. The Morgan fingerprint density at radius 3 is 2.91 bits per heavy atom. The fourth-order valence-electron chi connectivity index (χ4n) is 2.70. The first kappa shape index (κ1) is 16.2. The van der Waals surface area contributed by atoms with E-state index in [1.807, 2.05) is 0 Å². The number of carbonyl (C=O) groups excluding carboxylic acids is 1. The zero-order valence-electron chi connectivity index (χ0n) is 12.9. The van der Waals surface area contributed by atoms with E-state index in [0.29, 0.717) is 11.5 Å². The van der Waals surface area contributed by atoms with E-state index in [1.54, 1.807) is 6.92 Å². The van der Waals surface area contributed by atoms with Crippen molar-refractivity contribution in [3.63, 3.8) is 0 Å². The van der Waals surface area contributed by atoms with Crippen LogP contribution in [0.1, 0.15) is 38.2 Å². The second kappa shape index (κ2) is 7.20. The molecule has 1 saturated carbocycles. The van der Waals surface area contributed by atoms with Gasteiger partial charge in [-0.1, -0.05) is 19.8 Å². The number of pyridine rings is 1. The lowest BCUT2D eigenvalue weighted by Gasteiger charge is -2.29. The molecular weight excluding hydrogens is 286 g/mol. The van der Waals surface area contributed by atoms with Crippen molar-refractivity contribution in [2.45, 2.75) is 45.6 Å². The highest BCUT2D eigenvalue weighted by molar-refractivity contribution is 5.78. The molecule has 7 nitrogen and oxygen atoms in total. The SMILES string of the molecule is Cc1cnc(OCC(=O)N[C@@H]2CCCC[C@H]2C)c([N+](=O)[O-])c1. The molecule has 1 N–H and O–H groups in total. The fraction of sp³-hybridized carbons (Fsp3) is 0.600. The van der Waals surface area contributed by atoms with E-state index in [1.165, 1.54) is 18.7 Å². The summed E-state index contributed by atoms with van der Waals surface area (Å²) in [5.41, 5.74) is 0.443. The molecule has 2 atom stereocenters. The summed E-state index contributed by atoms with van der Waals surface area (Å²) in [5, 5.41) is 13.9. The number of carbonyl (C=O) groups is 1. The summed E-state index contributed by atoms with van der Waals surface area (Å²) in [7, 11) is 0. The van der Waals surface area contributed by atoms with Gasteiger partial charge in [-0.15, -0.1) is 0 Å². The van der Waals surface area contributed by atoms with Crippen molar-refractivity contribution in [2.24, 2.45) is 5.92 Å². The Kier molecular flexibility index (Phi) is 5.30. The highest BCUT2D eigenvalue weighted by Gasteiger charge is 2.24. The van der Waals surface area contributed by atoms with Crippen LogP contribution < -0.4 is 10.1 Å². The summed E-state index contributed by atoms with van der Waals surface area (Å²) in [6.45, 7) is 3.57. The zero-order valence-corrected chi connectivity index (χ0v) is 12.9. The molecule has 1 heterocycles. The van der Waals surface area contributed by atoms with Crippen molar-refractivity contribution >= 4 is 11.6 Å². The summed E-state index contributed by atoms with van der Waals surface area (Å²) in [5.74, 6) is 0.0578. The van der Waals surface area contributed by atoms with E-state index in [9.17, 15) is 14.9 Å². The fourth-order valence-corrected chi connectivity index (χ4v) is 2.70. The molecule has 1 aliphatic carbocycles. The number of aromatic nitrogens is 1. The van der Waals surface area contributed by atoms with Crippen LogP contribution in [0.3, 0.4) is 0 Å². The topological polar surface area (TPSA) is 94.4 Å². The smallest absolute Gasteiger partial charge is 0.331 e. The van der Waals surface area contributed by atoms with Crippen molar-refractivity contribution in [1.82, 2.24) is 10.3 Å². The molecule has 1 fully saturated rings. The van der Waals surface area contributed by atoms with Crippen LogP contribution in [0.5, 0.6) is 5.88 Å². The van der Waals surface area contributed by atoms with Crippen LogP contribution in [0.2, 0.25) is 0 Å². The summed E-state index contributed by atoms with van der Waals surface area (Å²) >= 11 is 0. The van der Waals surface area contributed by atoms with E-state index < -0.39 is 4.92 Å². The van der Waals surface area contributed by atoms with Crippen LogP contribution in [0, 0.1) is 23.0 Å². The molecule has 0 saturated heterocycles. The van der Waals surface area contributed by atoms with E-state index in [-0.39, 0.29) is 30.1 Å². The van der Waals surface area contributed by atoms with Crippen LogP contribution in [-0.4, -0.2) is 28.5 Å². The van der Waals surface area contributed by atoms with Gasteiger partial charge in [0.05, 0.1) is 4.92 Å². The Labute approximate surface area is 129 Å². The molecule has 2 rings (SSSR count). The molecule has 0 unspecified atom stereocenters. The van der Waals surface area contributed by atoms with Crippen molar-refractivity contribution in [1.29, 1.82) is 0 Å². The second-order valence-corrected chi connectivity index (χ2v) is 5.82. The minimum atomic E-state index is -0.559. The number of hydrogen-bond donors (Lipinski definition) is 1. The minimum absolute atomic E-state index is 0.123. The molecule has 0 radical (unpaired) electrons. The van der Waals surface area contributed by atoms with Crippen LogP contribution in [0.15, 0.2) is 12.3 Å². The van der Waals surface area contributed by atoms with Gasteiger partial charge < -0.3 is 10.1 Å². The Balaban J connectivity index is 1.92. The van der Waals surface area contributed by atoms with Gasteiger partial charge in [0.15, 0.2) is 6.61 Å². The number of aryl methyl sites for hydroxylation is 1. The summed E-state index contributed by atoms with van der Waals surface area (Å²) in [6.07, 6.45) is 5.86. The third kappa shape index (κ3) is 4.16. The molecule has 1 aromatic rings. The van der Waals surface area contributed by atoms with Gasteiger partial charge in [0, 0.05) is 18.3 Å². The van der Waals surface area contributed by atoms with Crippen molar-refractivity contribution in [3.8, 4) is 5.88 Å². The van der Waals surface area contributed by atoms with Gasteiger partial charge in [-0.05, 0) is 31.2 Å². The number of amides is 1. The van der Waals surface area contributed by atoms with E-state index in [2.05, 4.69) is 17.2 Å². The number of nitrogens with one attached hydrogen (secondary N) is 1. The number of nitro groups is 1. The second-order valence-electron chi connectivity index (χ2n) is 5.82. The first-order chi connectivity index (χ1) is 10.5. The molecular formula is C15H21N3O4. The average molecular weight is 307 g/mol. The normalized spacial score (nSPS) is 21.2. The quantitative estimate of drug-likeness (QED) is 0.665. The third-order valence-corrected chi connectivity index (χ3v) is 3.96. The molecule has 0 aromatic carbocycles. The van der Waals surface area contributed by atoms with E-state index >= 15 is 0 Å². The molecule has 0 aliphatic heterocycles. The summed E-state index contributed by atoms with van der Waals surface area (Å²) < 4.78 is 5.23. The number of rotatable bonds is 5. The Morgan fingerprint density at radius 1 is 1.50 bits per heavy atom. The van der Waals surface area contributed by atoms with Gasteiger partial charge in [-0.25, -0.2) is 4.98 Å². The predicted molar refractivity (Wildman–Crippen MR) is 80.7 cm³/mol. The lowest BCUT2D eigenvalue weighted by molar-refractivity contribution is -0.386. The maximum absolute atomic E-state index is 11.9. The first-order valence-electron chi connectivity index (χ1n) is 7.50. The predicted octanol–water partition coefficient (Wildman–Crippen LogP) is 2.37. The van der Waals surface area contributed by atoms with E-state index in [0.717, 1.165) is 19.3 Å². The summed E-state index contributed by atoms with van der Waals surface area (Å²) in [6, 6.07) is 1.54. The van der Waals surface area contributed by atoms with Crippen molar-refractivity contribution < 1.29 is 14.5 Å². The molecule has 1 aromatic heterocycles. The zero-order chi connectivity index (χ0) is 16.1. The Hall–Kier alpha value is -2.18. The lowest BCUT2D eigenvalue weighted by Crippen LogP contribution is -2.43. The molecule has 120 valence electrons. The first-order valence-corrected chi connectivity index (χ1v) is 7.50. The van der Waals surface area contributed by atoms with Gasteiger partial charge in [0.25, 0.3) is 11.8 Å². The van der Waals surface area contributed by atoms with Crippen molar-refractivity contribution in [2.75, 3.05) is 6.61 Å². The van der Waals surface area contributed by atoms with Crippen LogP contribution in [0.25, 0.3) is 0 Å². The van der Waals surface area contributed by atoms with Gasteiger partial charge >= 0.3 is 5.69 Å². The molecule has 1 aliphatic rings. The molecule has 22 heavy (non-hydrogen) atoms. The van der Waals surface area contributed by atoms with Gasteiger partial charge in [0.2, 0.25) is 0 Å². The standard InChI is InChI=1S/C15H21N3O4/c1-10-7-13(18(20)21)15(16-8-10)22-9-14(19)17-12-6-4-3-5-11(12)2/h7-8,11-12H,3-6,9H2,1-2H3,(H,17,19)/t11-,12-/m1/s1.